The summed E-state index contributed by atoms with van der Waals surface area (Å²) in [4.78, 5) is 2.03. The Kier molecular flexibility index (Phi) is 5.02. The zero-order valence-corrected chi connectivity index (χ0v) is 10.8. The average molecular weight is 242 g/mol. The predicted molar refractivity (Wildman–Crippen MR) is 66.1 cm³/mol. The first-order chi connectivity index (χ1) is 7.91. The standard InChI is InChI=1S/C13H20F2N2/c1-9-7-13(15)11(8-12(9)14)10(2)16-5-6-17(3)4/h7-8,10,16H,5-6H2,1-4H3. The maximum Gasteiger partial charge on any atom is 0.128 e. The van der Waals surface area contributed by atoms with Crippen molar-refractivity contribution in [3.8, 4) is 0 Å². The van der Waals surface area contributed by atoms with Crippen LogP contribution in [0.3, 0.4) is 0 Å². The SMILES string of the molecule is Cc1cc(F)c(C(C)NCCN(C)C)cc1F. The third-order valence-corrected chi connectivity index (χ3v) is 2.75. The highest BCUT2D eigenvalue weighted by Crippen LogP contribution is 2.20. The third kappa shape index (κ3) is 4.06. The Morgan fingerprint density at radius 1 is 1.24 bits per heavy atom. The number of nitrogens with zero attached hydrogens (tertiary/aromatic N) is 1. The number of nitrogens with one attached hydrogen (secondary N) is 1. The van der Waals surface area contributed by atoms with Gasteiger partial charge in [-0.25, -0.2) is 8.78 Å². The van der Waals surface area contributed by atoms with Crippen LogP contribution in [0.4, 0.5) is 8.78 Å². The summed E-state index contributed by atoms with van der Waals surface area (Å²) in [5.74, 6) is -0.712. The molecule has 0 aliphatic heterocycles. The van der Waals surface area contributed by atoms with Gasteiger partial charge >= 0.3 is 0 Å². The highest BCUT2D eigenvalue weighted by atomic mass is 19.1. The first kappa shape index (κ1) is 14.1. The van der Waals surface area contributed by atoms with E-state index in [4.69, 9.17) is 0 Å². The second-order valence-corrected chi connectivity index (χ2v) is 4.60. The third-order valence-electron chi connectivity index (χ3n) is 2.75. The minimum absolute atomic E-state index is 0.190. The van der Waals surface area contributed by atoms with Crippen LogP contribution in [0.5, 0.6) is 0 Å². The van der Waals surface area contributed by atoms with Gasteiger partial charge in [-0.1, -0.05) is 0 Å². The molecular weight excluding hydrogens is 222 g/mol. The van der Waals surface area contributed by atoms with Crippen molar-refractivity contribution in [2.75, 3.05) is 27.2 Å². The normalized spacial score (nSPS) is 13.1. The van der Waals surface area contributed by atoms with E-state index in [1.54, 1.807) is 6.92 Å². The summed E-state index contributed by atoms with van der Waals surface area (Å²) in [6.45, 7) is 5.00. The number of hydrogen-bond donors (Lipinski definition) is 1. The summed E-state index contributed by atoms with van der Waals surface area (Å²) >= 11 is 0. The molecule has 0 amide bonds. The van der Waals surface area contributed by atoms with Crippen molar-refractivity contribution in [3.63, 3.8) is 0 Å². The Morgan fingerprint density at radius 2 is 1.88 bits per heavy atom. The van der Waals surface area contributed by atoms with Crippen molar-refractivity contribution in [2.45, 2.75) is 19.9 Å². The number of benzene rings is 1. The van der Waals surface area contributed by atoms with Gasteiger partial charge in [0.2, 0.25) is 0 Å². The molecule has 0 fully saturated rings. The van der Waals surface area contributed by atoms with E-state index in [1.165, 1.54) is 12.1 Å². The van der Waals surface area contributed by atoms with E-state index in [0.29, 0.717) is 11.1 Å². The number of likely N-dealkylation sites (N-methyl/N-ethyl adjacent to an activating group) is 1. The Hall–Kier alpha value is -1.00. The van der Waals surface area contributed by atoms with E-state index >= 15 is 0 Å². The summed E-state index contributed by atoms with van der Waals surface area (Å²) < 4.78 is 27.0. The molecule has 0 saturated carbocycles. The van der Waals surface area contributed by atoms with Gasteiger partial charge < -0.3 is 10.2 Å². The Balaban J connectivity index is 2.68. The van der Waals surface area contributed by atoms with Gasteiger partial charge in [0.25, 0.3) is 0 Å². The number of rotatable bonds is 5. The summed E-state index contributed by atoms with van der Waals surface area (Å²) in [6, 6.07) is 2.33. The molecule has 1 N–H and O–H groups in total. The van der Waals surface area contributed by atoms with Gasteiger partial charge in [-0.05, 0) is 45.6 Å². The van der Waals surface area contributed by atoms with Crippen LogP contribution in [0.15, 0.2) is 12.1 Å². The van der Waals surface area contributed by atoms with Crippen molar-refractivity contribution in [1.82, 2.24) is 10.2 Å². The van der Waals surface area contributed by atoms with Crippen molar-refractivity contribution in [1.29, 1.82) is 0 Å². The molecule has 2 nitrogen and oxygen atoms in total. The van der Waals surface area contributed by atoms with E-state index < -0.39 is 0 Å². The molecular formula is C13H20F2N2. The molecule has 1 aromatic rings. The quantitative estimate of drug-likeness (QED) is 0.853. The topological polar surface area (TPSA) is 15.3 Å². The van der Waals surface area contributed by atoms with Crippen LogP contribution in [0.2, 0.25) is 0 Å². The van der Waals surface area contributed by atoms with Gasteiger partial charge in [0.1, 0.15) is 11.6 Å². The lowest BCUT2D eigenvalue weighted by molar-refractivity contribution is 0.386. The monoisotopic (exact) mass is 242 g/mol. The molecule has 0 aliphatic carbocycles. The summed E-state index contributed by atoms with van der Waals surface area (Å²) in [5.41, 5.74) is 0.721. The predicted octanol–water partition coefficient (Wildman–Crippen LogP) is 2.49. The van der Waals surface area contributed by atoms with Crippen LogP contribution in [-0.4, -0.2) is 32.1 Å². The van der Waals surface area contributed by atoms with E-state index in [1.807, 2.05) is 25.9 Å². The number of halogens is 2. The van der Waals surface area contributed by atoms with Crippen LogP contribution in [0.25, 0.3) is 0 Å². The molecule has 1 rings (SSSR count). The minimum Gasteiger partial charge on any atom is -0.309 e. The highest BCUT2D eigenvalue weighted by Gasteiger charge is 2.13. The smallest absolute Gasteiger partial charge is 0.128 e. The zero-order chi connectivity index (χ0) is 13.0. The molecule has 0 heterocycles. The van der Waals surface area contributed by atoms with Crippen LogP contribution in [-0.2, 0) is 0 Å². The largest absolute Gasteiger partial charge is 0.309 e. The lowest BCUT2D eigenvalue weighted by Gasteiger charge is -2.17. The number of aryl methyl sites for hydroxylation is 1. The number of hydrogen-bond acceptors (Lipinski definition) is 2. The fourth-order valence-electron chi connectivity index (χ4n) is 1.61. The van der Waals surface area contributed by atoms with Crippen molar-refractivity contribution >= 4 is 0 Å². The second kappa shape index (κ2) is 6.07. The van der Waals surface area contributed by atoms with Crippen LogP contribution >= 0.6 is 0 Å². The van der Waals surface area contributed by atoms with Gasteiger partial charge in [-0.3, -0.25) is 0 Å². The van der Waals surface area contributed by atoms with Crippen molar-refractivity contribution in [2.24, 2.45) is 0 Å². The molecule has 0 aliphatic rings. The fourth-order valence-corrected chi connectivity index (χ4v) is 1.61. The Labute approximate surface area is 102 Å². The first-order valence-electron chi connectivity index (χ1n) is 5.75. The van der Waals surface area contributed by atoms with Crippen LogP contribution in [0, 0.1) is 18.6 Å². The Morgan fingerprint density at radius 3 is 2.47 bits per heavy atom. The molecule has 4 heteroatoms. The summed E-state index contributed by atoms with van der Waals surface area (Å²) in [7, 11) is 3.94. The van der Waals surface area contributed by atoms with E-state index in [-0.39, 0.29) is 17.7 Å². The minimum atomic E-state index is -0.359. The highest BCUT2D eigenvalue weighted by molar-refractivity contribution is 5.27. The van der Waals surface area contributed by atoms with Crippen LogP contribution in [0.1, 0.15) is 24.1 Å². The molecule has 0 saturated heterocycles. The van der Waals surface area contributed by atoms with Crippen molar-refractivity contribution < 1.29 is 8.78 Å². The molecule has 0 spiro atoms. The lowest BCUT2D eigenvalue weighted by atomic mass is 10.1. The van der Waals surface area contributed by atoms with E-state index in [0.717, 1.165) is 13.1 Å². The summed E-state index contributed by atoms with van der Waals surface area (Å²) in [5, 5.41) is 3.17. The van der Waals surface area contributed by atoms with Gasteiger partial charge in [0, 0.05) is 24.7 Å². The maximum atomic E-state index is 13.6. The van der Waals surface area contributed by atoms with Crippen LogP contribution < -0.4 is 5.32 Å². The lowest BCUT2D eigenvalue weighted by Crippen LogP contribution is -2.29. The van der Waals surface area contributed by atoms with Crippen molar-refractivity contribution in [3.05, 3.63) is 34.9 Å². The molecule has 1 unspecified atom stereocenters. The first-order valence-corrected chi connectivity index (χ1v) is 5.75. The molecule has 96 valence electrons. The summed E-state index contributed by atoms with van der Waals surface area (Å²) in [6.07, 6.45) is 0. The maximum absolute atomic E-state index is 13.6. The van der Waals surface area contributed by atoms with Gasteiger partial charge in [-0.2, -0.15) is 0 Å². The molecule has 0 bridgehead atoms. The Bertz CT molecular complexity index is 378. The molecule has 1 atom stereocenters. The fraction of sp³-hybridized carbons (Fsp3) is 0.538. The second-order valence-electron chi connectivity index (χ2n) is 4.60. The molecule has 17 heavy (non-hydrogen) atoms. The molecule has 1 aromatic carbocycles. The average Bonchev–Trinajstić information content (AvgIpc) is 2.22. The van der Waals surface area contributed by atoms with E-state index in [2.05, 4.69) is 5.32 Å². The van der Waals surface area contributed by atoms with Gasteiger partial charge in [0.05, 0.1) is 0 Å². The zero-order valence-electron chi connectivity index (χ0n) is 10.8. The van der Waals surface area contributed by atoms with Gasteiger partial charge in [0.15, 0.2) is 0 Å². The molecule has 0 radical (unpaired) electrons. The molecule has 0 aromatic heterocycles. The van der Waals surface area contributed by atoms with E-state index in [9.17, 15) is 8.78 Å². The van der Waals surface area contributed by atoms with Gasteiger partial charge in [-0.15, -0.1) is 0 Å².